The second kappa shape index (κ2) is 7.66. The van der Waals surface area contributed by atoms with Crippen molar-refractivity contribution in [2.75, 3.05) is 7.11 Å². The van der Waals surface area contributed by atoms with Crippen LogP contribution < -0.4 is 4.74 Å². The van der Waals surface area contributed by atoms with Gasteiger partial charge in [-0.2, -0.15) is 18.4 Å². The lowest BCUT2D eigenvalue weighted by Crippen LogP contribution is -2.19. The number of allylic oxidation sites excluding steroid dienone is 1. The maximum atomic E-state index is 13.8. The van der Waals surface area contributed by atoms with Gasteiger partial charge in [-0.25, -0.2) is 4.39 Å². The number of ether oxygens (including phenoxy) is 1. The van der Waals surface area contributed by atoms with Crippen molar-refractivity contribution in [3.63, 3.8) is 0 Å². The van der Waals surface area contributed by atoms with Gasteiger partial charge in [-0.15, -0.1) is 0 Å². The third-order valence-electron chi connectivity index (χ3n) is 4.01. The molecule has 1 heterocycles. The number of alkyl halides is 3. The van der Waals surface area contributed by atoms with Crippen molar-refractivity contribution >= 4 is 11.9 Å². The minimum atomic E-state index is -4.44. The Labute approximate surface area is 153 Å². The zero-order chi connectivity index (χ0) is 20.4. The lowest BCUT2D eigenvalue weighted by Gasteiger charge is -2.12. The average Bonchev–Trinajstić information content (AvgIpc) is 2.86. The SMILES string of the molecule is COc1ccc(/C=C(\C#N)C(=O)c2cc(C)n(CC(F)(F)F)c2C)cc1F. The normalized spacial score (nSPS) is 12.0. The number of halogens is 4. The molecular formula is C19H16F4N2O2. The number of nitrogens with zero attached hydrogens (tertiary/aromatic N) is 2. The van der Waals surface area contributed by atoms with Crippen LogP contribution in [-0.4, -0.2) is 23.6 Å². The molecule has 0 aliphatic rings. The Morgan fingerprint density at radius 1 is 1.30 bits per heavy atom. The van der Waals surface area contributed by atoms with Crippen molar-refractivity contribution in [1.82, 2.24) is 4.57 Å². The van der Waals surface area contributed by atoms with Gasteiger partial charge in [0.25, 0.3) is 0 Å². The number of carbonyl (C=O) groups excluding carboxylic acids is 1. The fraction of sp³-hybridized carbons (Fsp3) is 0.263. The molecule has 2 aromatic rings. The van der Waals surface area contributed by atoms with Crippen molar-refractivity contribution in [2.45, 2.75) is 26.6 Å². The zero-order valence-corrected chi connectivity index (χ0v) is 14.8. The summed E-state index contributed by atoms with van der Waals surface area (Å²) in [6, 6.07) is 6.93. The number of hydrogen-bond acceptors (Lipinski definition) is 3. The zero-order valence-electron chi connectivity index (χ0n) is 14.8. The van der Waals surface area contributed by atoms with Crippen LogP contribution in [0, 0.1) is 31.0 Å². The lowest BCUT2D eigenvalue weighted by atomic mass is 10.0. The monoisotopic (exact) mass is 380 g/mol. The van der Waals surface area contributed by atoms with Crippen LogP contribution in [0.4, 0.5) is 17.6 Å². The Hall–Kier alpha value is -3.08. The number of nitriles is 1. The van der Waals surface area contributed by atoms with E-state index >= 15 is 0 Å². The molecule has 0 saturated carbocycles. The molecule has 0 radical (unpaired) electrons. The molecule has 0 aliphatic carbocycles. The molecule has 4 nitrogen and oxygen atoms in total. The number of benzene rings is 1. The molecule has 0 amide bonds. The summed E-state index contributed by atoms with van der Waals surface area (Å²) in [5.74, 6) is -1.39. The standard InChI is InChI=1S/C19H16F4N2O2/c1-11-6-15(12(2)25(11)10-19(21,22)23)18(26)14(9-24)7-13-4-5-17(27-3)16(20)8-13/h4-8H,10H2,1-3H3/b14-7+. The summed E-state index contributed by atoms with van der Waals surface area (Å²) in [6.07, 6.45) is -3.26. The molecule has 0 fully saturated rings. The minimum absolute atomic E-state index is 0.00136. The van der Waals surface area contributed by atoms with Gasteiger partial charge in [-0.1, -0.05) is 6.07 Å². The van der Waals surface area contributed by atoms with Crippen molar-refractivity contribution in [2.24, 2.45) is 0 Å². The van der Waals surface area contributed by atoms with Gasteiger partial charge < -0.3 is 9.30 Å². The molecular weight excluding hydrogens is 364 g/mol. The van der Waals surface area contributed by atoms with Crippen LogP contribution in [0.1, 0.15) is 27.3 Å². The van der Waals surface area contributed by atoms with Gasteiger partial charge in [0, 0.05) is 17.0 Å². The molecule has 27 heavy (non-hydrogen) atoms. The summed E-state index contributed by atoms with van der Waals surface area (Å²) < 4.78 is 57.7. The summed E-state index contributed by atoms with van der Waals surface area (Å²) in [5, 5.41) is 9.30. The molecule has 0 spiro atoms. The topological polar surface area (TPSA) is 55.0 Å². The van der Waals surface area contributed by atoms with E-state index < -0.39 is 24.3 Å². The largest absolute Gasteiger partial charge is 0.494 e. The maximum Gasteiger partial charge on any atom is 0.406 e. The highest BCUT2D eigenvalue weighted by Crippen LogP contribution is 2.25. The van der Waals surface area contributed by atoms with Crippen LogP contribution in [0.25, 0.3) is 6.08 Å². The Balaban J connectivity index is 2.42. The van der Waals surface area contributed by atoms with E-state index in [1.165, 1.54) is 45.2 Å². The van der Waals surface area contributed by atoms with E-state index in [0.717, 1.165) is 10.6 Å². The van der Waals surface area contributed by atoms with Crippen LogP contribution in [-0.2, 0) is 6.54 Å². The molecule has 0 N–H and O–H groups in total. The summed E-state index contributed by atoms with van der Waals surface area (Å²) in [5.41, 5.74) is 0.297. The van der Waals surface area contributed by atoms with Crippen molar-refractivity contribution in [3.8, 4) is 11.8 Å². The predicted molar refractivity (Wildman–Crippen MR) is 90.8 cm³/mol. The number of ketones is 1. The van der Waals surface area contributed by atoms with Crippen molar-refractivity contribution < 1.29 is 27.1 Å². The number of hydrogen-bond donors (Lipinski definition) is 0. The average molecular weight is 380 g/mol. The summed E-state index contributed by atoms with van der Waals surface area (Å²) in [4.78, 5) is 12.6. The first kappa shape index (κ1) is 20.2. The van der Waals surface area contributed by atoms with E-state index in [0.29, 0.717) is 0 Å². The van der Waals surface area contributed by atoms with E-state index in [9.17, 15) is 27.6 Å². The van der Waals surface area contributed by atoms with Gasteiger partial charge in [-0.3, -0.25) is 4.79 Å². The van der Waals surface area contributed by atoms with E-state index in [-0.39, 0.29) is 33.8 Å². The molecule has 8 heteroatoms. The van der Waals surface area contributed by atoms with Crippen LogP contribution in [0.15, 0.2) is 29.8 Å². The summed E-state index contributed by atoms with van der Waals surface area (Å²) >= 11 is 0. The van der Waals surface area contributed by atoms with Gasteiger partial charge in [0.2, 0.25) is 5.78 Å². The van der Waals surface area contributed by atoms with Crippen molar-refractivity contribution in [1.29, 1.82) is 5.26 Å². The number of Topliss-reactive ketones (excluding diaryl/α,β-unsaturated/α-hetero) is 1. The number of aromatic nitrogens is 1. The second-order valence-corrected chi connectivity index (χ2v) is 5.88. The van der Waals surface area contributed by atoms with E-state index in [4.69, 9.17) is 4.74 Å². The fourth-order valence-corrected chi connectivity index (χ4v) is 2.69. The molecule has 1 aromatic carbocycles. The van der Waals surface area contributed by atoms with Crippen LogP contribution in [0.2, 0.25) is 0 Å². The first-order chi connectivity index (χ1) is 12.6. The first-order valence-electron chi connectivity index (χ1n) is 7.81. The number of aryl methyl sites for hydroxylation is 1. The molecule has 0 saturated heterocycles. The molecule has 2 rings (SSSR count). The Bertz CT molecular complexity index is 950. The Morgan fingerprint density at radius 3 is 2.48 bits per heavy atom. The van der Waals surface area contributed by atoms with Gasteiger partial charge in [-0.05, 0) is 43.7 Å². The molecule has 0 unspecified atom stereocenters. The van der Waals surface area contributed by atoms with Crippen molar-refractivity contribution in [3.05, 3.63) is 58.2 Å². The third-order valence-corrected chi connectivity index (χ3v) is 4.01. The summed E-state index contributed by atoms with van der Waals surface area (Å²) in [7, 11) is 1.30. The smallest absolute Gasteiger partial charge is 0.406 e. The number of rotatable bonds is 5. The molecule has 1 aromatic heterocycles. The van der Waals surface area contributed by atoms with Crippen LogP contribution >= 0.6 is 0 Å². The van der Waals surface area contributed by atoms with Gasteiger partial charge in [0.1, 0.15) is 18.2 Å². The molecule has 0 bridgehead atoms. The predicted octanol–water partition coefficient (Wildman–Crippen LogP) is 4.60. The highest BCUT2D eigenvalue weighted by Gasteiger charge is 2.30. The highest BCUT2D eigenvalue weighted by molar-refractivity contribution is 6.14. The molecule has 0 aliphatic heterocycles. The molecule has 142 valence electrons. The summed E-state index contributed by atoms with van der Waals surface area (Å²) in [6.45, 7) is 1.60. The fourth-order valence-electron chi connectivity index (χ4n) is 2.69. The Morgan fingerprint density at radius 2 is 1.96 bits per heavy atom. The van der Waals surface area contributed by atoms with E-state index in [1.54, 1.807) is 6.07 Å². The maximum absolute atomic E-state index is 13.8. The van der Waals surface area contributed by atoms with Gasteiger partial charge in [0.15, 0.2) is 11.6 Å². The van der Waals surface area contributed by atoms with Gasteiger partial charge >= 0.3 is 6.18 Å². The van der Waals surface area contributed by atoms with Crippen LogP contribution in [0.5, 0.6) is 5.75 Å². The van der Waals surface area contributed by atoms with E-state index in [2.05, 4.69) is 0 Å². The van der Waals surface area contributed by atoms with E-state index in [1.807, 2.05) is 0 Å². The minimum Gasteiger partial charge on any atom is -0.494 e. The molecule has 0 atom stereocenters. The second-order valence-electron chi connectivity index (χ2n) is 5.88. The number of carbonyl (C=O) groups is 1. The highest BCUT2D eigenvalue weighted by atomic mass is 19.4. The lowest BCUT2D eigenvalue weighted by molar-refractivity contribution is -0.141. The number of methoxy groups -OCH3 is 1. The van der Waals surface area contributed by atoms with Crippen LogP contribution in [0.3, 0.4) is 0 Å². The third kappa shape index (κ3) is 4.56. The first-order valence-corrected chi connectivity index (χ1v) is 7.81. The van der Waals surface area contributed by atoms with Gasteiger partial charge in [0.05, 0.1) is 7.11 Å². The Kier molecular flexibility index (Phi) is 5.74. The quantitative estimate of drug-likeness (QED) is 0.330.